The fourth-order valence-electron chi connectivity index (χ4n) is 3.83. The third-order valence-corrected chi connectivity index (χ3v) is 6.58. The standard InChI is InChI=1S/C25H23N5O4S/c1-33-18-7-9-22(34-2)19(13-18)20-8-10-24(32)30(28-20)15-23(31)26-17-5-3-16(4-6-17)21-14-29-11-12-35-25(29)27-21/h3-10,13-14H,11-12,15H2,1-2H3,(H,26,31). The minimum Gasteiger partial charge on any atom is -0.497 e. The summed E-state index contributed by atoms with van der Waals surface area (Å²) in [7, 11) is 3.12. The van der Waals surface area contributed by atoms with Crippen molar-refractivity contribution in [2.75, 3.05) is 25.3 Å². The van der Waals surface area contributed by atoms with E-state index in [4.69, 9.17) is 9.47 Å². The van der Waals surface area contributed by atoms with Gasteiger partial charge >= 0.3 is 0 Å². The summed E-state index contributed by atoms with van der Waals surface area (Å²) in [6, 6.07) is 15.7. The number of hydrogen-bond donors (Lipinski definition) is 1. The second-order valence-electron chi connectivity index (χ2n) is 7.86. The van der Waals surface area contributed by atoms with Gasteiger partial charge in [0, 0.05) is 41.4 Å². The summed E-state index contributed by atoms with van der Waals surface area (Å²) >= 11 is 1.75. The Balaban J connectivity index is 1.31. The maximum absolute atomic E-state index is 12.7. The molecule has 0 unspecified atom stereocenters. The van der Waals surface area contributed by atoms with E-state index in [1.807, 2.05) is 30.5 Å². The summed E-state index contributed by atoms with van der Waals surface area (Å²) in [6.45, 7) is 0.742. The lowest BCUT2D eigenvalue weighted by Crippen LogP contribution is -2.29. The number of ether oxygens (including phenoxy) is 2. The van der Waals surface area contributed by atoms with Crippen LogP contribution in [0, 0.1) is 0 Å². The van der Waals surface area contributed by atoms with E-state index in [-0.39, 0.29) is 18.0 Å². The highest BCUT2D eigenvalue weighted by Gasteiger charge is 2.16. The maximum Gasteiger partial charge on any atom is 0.267 e. The van der Waals surface area contributed by atoms with Gasteiger partial charge in [-0.25, -0.2) is 9.67 Å². The highest BCUT2D eigenvalue weighted by atomic mass is 32.2. The predicted octanol–water partition coefficient (Wildman–Crippen LogP) is 3.54. The molecule has 1 aliphatic heterocycles. The van der Waals surface area contributed by atoms with Crippen molar-refractivity contribution in [2.45, 2.75) is 18.2 Å². The average molecular weight is 490 g/mol. The molecule has 4 aromatic rings. The highest BCUT2D eigenvalue weighted by molar-refractivity contribution is 7.99. The third kappa shape index (κ3) is 4.78. The first kappa shape index (κ1) is 22.7. The van der Waals surface area contributed by atoms with Crippen molar-refractivity contribution in [1.29, 1.82) is 0 Å². The molecule has 2 aromatic heterocycles. The van der Waals surface area contributed by atoms with E-state index in [0.717, 1.165) is 33.4 Å². The van der Waals surface area contributed by atoms with E-state index in [1.165, 1.54) is 6.07 Å². The van der Waals surface area contributed by atoms with Crippen LogP contribution < -0.4 is 20.3 Å². The number of aromatic nitrogens is 4. The van der Waals surface area contributed by atoms with Crippen molar-refractivity contribution in [2.24, 2.45) is 0 Å². The summed E-state index contributed by atoms with van der Waals surface area (Å²) in [5.41, 5.74) is 3.27. The van der Waals surface area contributed by atoms with Gasteiger partial charge in [0.2, 0.25) is 5.91 Å². The summed E-state index contributed by atoms with van der Waals surface area (Å²) in [6.07, 6.45) is 2.05. The van der Waals surface area contributed by atoms with Crippen LogP contribution in [-0.4, -0.2) is 45.2 Å². The number of fused-ring (bicyclic) bond motifs is 1. The minimum atomic E-state index is -0.383. The number of benzene rings is 2. The lowest BCUT2D eigenvalue weighted by molar-refractivity contribution is -0.117. The van der Waals surface area contributed by atoms with E-state index in [9.17, 15) is 9.59 Å². The Hall–Kier alpha value is -4.05. The zero-order valence-corrected chi connectivity index (χ0v) is 20.0. The van der Waals surface area contributed by atoms with Crippen LogP contribution in [0.15, 0.2) is 70.7 Å². The number of aryl methyl sites for hydroxylation is 1. The van der Waals surface area contributed by atoms with Crippen LogP contribution in [-0.2, 0) is 17.9 Å². The van der Waals surface area contributed by atoms with Crippen molar-refractivity contribution in [3.05, 3.63) is 71.1 Å². The highest BCUT2D eigenvalue weighted by Crippen LogP contribution is 2.32. The Bertz CT molecular complexity index is 1420. The molecule has 0 aliphatic carbocycles. The minimum absolute atomic E-state index is 0.230. The molecule has 0 atom stereocenters. The molecule has 1 amide bonds. The normalized spacial score (nSPS) is 12.3. The number of thioether (sulfide) groups is 1. The number of rotatable bonds is 7. The van der Waals surface area contributed by atoms with E-state index in [0.29, 0.717) is 28.4 Å². The van der Waals surface area contributed by atoms with Crippen LogP contribution in [0.2, 0.25) is 0 Å². The van der Waals surface area contributed by atoms with Crippen LogP contribution in [0.25, 0.3) is 22.5 Å². The first-order valence-corrected chi connectivity index (χ1v) is 11.9. The number of anilines is 1. The molecule has 5 rings (SSSR count). The fraction of sp³-hybridized carbons (Fsp3) is 0.200. The predicted molar refractivity (Wildman–Crippen MR) is 134 cm³/mol. The van der Waals surface area contributed by atoms with Crippen molar-refractivity contribution >= 4 is 23.4 Å². The third-order valence-electron chi connectivity index (χ3n) is 5.61. The maximum atomic E-state index is 12.7. The first-order chi connectivity index (χ1) is 17.0. The number of carbonyl (C=O) groups excluding carboxylic acids is 1. The molecule has 0 saturated heterocycles. The number of imidazole rings is 1. The van der Waals surface area contributed by atoms with Gasteiger partial charge in [-0.15, -0.1) is 0 Å². The molecule has 2 aromatic carbocycles. The van der Waals surface area contributed by atoms with Crippen LogP contribution in [0.1, 0.15) is 0 Å². The van der Waals surface area contributed by atoms with E-state index >= 15 is 0 Å². The van der Waals surface area contributed by atoms with Gasteiger partial charge in [-0.2, -0.15) is 5.10 Å². The van der Waals surface area contributed by atoms with Crippen LogP contribution in [0.4, 0.5) is 5.69 Å². The number of hydrogen-bond acceptors (Lipinski definition) is 7. The molecule has 9 nitrogen and oxygen atoms in total. The largest absolute Gasteiger partial charge is 0.497 e. The van der Waals surface area contributed by atoms with Gasteiger partial charge in [0.05, 0.1) is 25.6 Å². The van der Waals surface area contributed by atoms with Gasteiger partial charge in [-0.3, -0.25) is 9.59 Å². The van der Waals surface area contributed by atoms with Gasteiger partial charge in [0.25, 0.3) is 5.56 Å². The summed E-state index contributed by atoms with van der Waals surface area (Å²) in [5, 5.41) is 8.24. The molecule has 0 spiro atoms. The Morgan fingerprint density at radius 1 is 1.06 bits per heavy atom. The van der Waals surface area contributed by atoms with Crippen molar-refractivity contribution in [3.63, 3.8) is 0 Å². The van der Waals surface area contributed by atoms with Gasteiger partial charge in [-0.05, 0) is 36.4 Å². The topological polar surface area (TPSA) is 100 Å². The summed E-state index contributed by atoms with van der Waals surface area (Å²) < 4.78 is 14.0. The lowest BCUT2D eigenvalue weighted by Gasteiger charge is -2.12. The van der Waals surface area contributed by atoms with Gasteiger partial charge in [0.1, 0.15) is 18.0 Å². The van der Waals surface area contributed by atoms with E-state index in [2.05, 4.69) is 20.0 Å². The number of nitrogens with one attached hydrogen (secondary N) is 1. The molecule has 1 aliphatic rings. The SMILES string of the molecule is COc1ccc(OC)c(-c2ccc(=O)n(CC(=O)Nc3ccc(-c4cn5c(n4)SCC5)cc3)n2)c1. The Morgan fingerprint density at radius 2 is 1.89 bits per heavy atom. The first-order valence-electron chi connectivity index (χ1n) is 10.9. The number of methoxy groups -OCH3 is 2. The molecule has 35 heavy (non-hydrogen) atoms. The van der Waals surface area contributed by atoms with Crippen molar-refractivity contribution < 1.29 is 14.3 Å². The quantitative estimate of drug-likeness (QED) is 0.424. The fourth-order valence-corrected chi connectivity index (χ4v) is 4.77. The van der Waals surface area contributed by atoms with Crippen LogP contribution in [0.3, 0.4) is 0 Å². The molecule has 0 fully saturated rings. The lowest BCUT2D eigenvalue weighted by atomic mass is 10.1. The monoisotopic (exact) mass is 489 g/mol. The summed E-state index contributed by atoms with van der Waals surface area (Å²) in [4.78, 5) is 29.7. The second kappa shape index (κ2) is 9.67. The number of nitrogens with zero attached hydrogens (tertiary/aromatic N) is 4. The number of carbonyl (C=O) groups is 1. The van der Waals surface area contributed by atoms with Crippen LogP contribution >= 0.6 is 11.8 Å². The Morgan fingerprint density at radius 3 is 2.63 bits per heavy atom. The Kier molecular flexibility index (Phi) is 6.28. The van der Waals surface area contributed by atoms with E-state index in [1.54, 1.807) is 50.2 Å². The van der Waals surface area contributed by atoms with Crippen molar-refractivity contribution in [3.8, 4) is 34.0 Å². The molecule has 1 N–H and O–H groups in total. The zero-order chi connectivity index (χ0) is 24.4. The molecule has 0 saturated carbocycles. The molecular weight excluding hydrogens is 466 g/mol. The van der Waals surface area contributed by atoms with Gasteiger partial charge in [0.15, 0.2) is 5.16 Å². The second-order valence-corrected chi connectivity index (χ2v) is 8.92. The smallest absolute Gasteiger partial charge is 0.267 e. The van der Waals surface area contributed by atoms with Gasteiger partial charge < -0.3 is 19.4 Å². The molecule has 178 valence electrons. The van der Waals surface area contributed by atoms with Crippen LogP contribution in [0.5, 0.6) is 11.5 Å². The van der Waals surface area contributed by atoms with Gasteiger partial charge in [-0.1, -0.05) is 23.9 Å². The zero-order valence-electron chi connectivity index (χ0n) is 19.2. The molecule has 0 radical (unpaired) electrons. The van der Waals surface area contributed by atoms with E-state index < -0.39 is 0 Å². The molecular formula is C25H23N5O4S. The molecule has 0 bridgehead atoms. The molecule has 3 heterocycles. The molecule has 10 heteroatoms. The number of amides is 1. The average Bonchev–Trinajstić information content (AvgIpc) is 3.48. The summed E-state index contributed by atoms with van der Waals surface area (Å²) in [5.74, 6) is 1.90. The van der Waals surface area contributed by atoms with Crippen molar-refractivity contribution in [1.82, 2.24) is 19.3 Å². The Labute approximate surface area is 205 Å².